The molecule has 1 heterocycles. The topological polar surface area (TPSA) is 117 Å². The summed E-state index contributed by atoms with van der Waals surface area (Å²) in [5, 5.41) is 10.7. The van der Waals surface area contributed by atoms with Gasteiger partial charge >= 0.3 is 17.8 Å². The van der Waals surface area contributed by atoms with E-state index in [0.29, 0.717) is 19.5 Å². The summed E-state index contributed by atoms with van der Waals surface area (Å²) in [4.78, 5) is 39.7. The molecule has 0 amide bonds. The van der Waals surface area contributed by atoms with E-state index in [4.69, 9.17) is 9.47 Å². The molecule has 0 aliphatic heterocycles. The molecule has 0 atom stereocenters. The Morgan fingerprint density at radius 2 is 1.61 bits per heavy atom. The Kier molecular flexibility index (Phi) is 8.10. The molecule has 0 spiro atoms. The number of aryl methyl sites for hydroxylation is 1. The molecule has 0 radical (unpaired) electrons. The van der Waals surface area contributed by atoms with Gasteiger partial charge in [0, 0.05) is 13.1 Å². The number of carbonyl (C=O) groups is 2. The SMILES string of the molecule is CC(C)(C)OC(=O)CN(CCCn1cnc([N+](=O)[O-])c1)CC(=O)OC(C)(C)C. The molecule has 0 aliphatic rings. The summed E-state index contributed by atoms with van der Waals surface area (Å²) in [6, 6.07) is 0. The molecule has 0 N–H and O–H groups in total. The highest BCUT2D eigenvalue weighted by Gasteiger charge is 2.23. The van der Waals surface area contributed by atoms with Crippen molar-refractivity contribution in [1.82, 2.24) is 14.5 Å². The maximum absolute atomic E-state index is 12.1. The van der Waals surface area contributed by atoms with Crippen molar-refractivity contribution in [2.24, 2.45) is 0 Å². The number of carbonyl (C=O) groups excluding carboxylic acids is 2. The molecule has 28 heavy (non-hydrogen) atoms. The first-order chi connectivity index (χ1) is 12.7. The van der Waals surface area contributed by atoms with Crippen LogP contribution in [0.25, 0.3) is 0 Å². The van der Waals surface area contributed by atoms with Crippen LogP contribution in [-0.2, 0) is 25.6 Å². The summed E-state index contributed by atoms with van der Waals surface area (Å²) < 4.78 is 12.2. The number of nitrogens with zero attached hydrogens (tertiary/aromatic N) is 4. The Morgan fingerprint density at radius 3 is 2.00 bits per heavy atom. The lowest BCUT2D eigenvalue weighted by molar-refractivity contribution is -0.389. The first kappa shape index (κ1) is 23.5. The number of aromatic nitrogens is 2. The predicted octanol–water partition coefficient (Wildman–Crippen LogP) is 2.17. The zero-order valence-corrected chi connectivity index (χ0v) is 17.4. The Morgan fingerprint density at radius 1 is 1.11 bits per heavy atom. The van der Waals surface area contributed by atoms with Gasteiger partial charge < -0.3 is 24.2 Å². The Balaban J connectivity index is 2.66. The summed E-state index contributed by atoms with van der Waals surface area (Å²) >= 11 is 0. The highest BCUT2D eigenvalue weighted by atomic mass is 16.6. The van der Waals surface area contributed by atoms with Crippen molar-refractivity contribution in [3.63, 3.8) is 0 Å². The maximum Gasteiger partial charge on any atom is 0.381 e. The van der Waals surface area contributed by atoms with Crippen LogP contribution in [-0.4, -0.2) is 62.1 Å². The highest BCUT2D eigenvalue weighted by molar-refractivity contribution is 5.75. The fourth-order valence-corrected chi connectivity index (χ4v) is 2.37. The molecule has 0 bridgehead atoms. The van der Waals surface area contributed by atoms with Gasteiger partial charge in [-0.3, -0.25) is 14.5 Å². The number of imidazole rings is 1. The van der Waals surface area contributed by atoms with E-state index < -0.39 is 28.1 Å². The zero-order valence-electron chi connectivity index (χ0n) is 17.4. The second kappa shape index (κ2) is 9.63. The Bertz CT molecular complexity index is 657. The molecule has 158 valence electrons. The van der Waals surface area contributed by atoms with E-state index in [1.54, 1.807) is 51.0 Å². The highest BCUT2D eigenvalue weighted by Crippen LogP contribution is 2.11. The van der Waals surface area contributed by atoms with Crippen molar-refractivity contribution in [3.05, 3.63) is 22.6 Å². The fraction of sp³-hybridized carbons (Fsp3) is 0.722. The third kappa shape index (κ3) is 10.0. The van der Waals surface area contributed by atoms with Crippen LogP contribution in [0.5, 0.6) is 0 Å². The normalized spacial score (nSPS) is 12.1. The largest absolute Gasteiger partial charge is 0.459 e. The van der Waals surface area contributed by atoms with E-state index >= 15 is 0 Å². The molecule has 0 fully saturated rings. The minimum Gasteiger partial charge on any atom is -0.459 e. The standard InChI is InChI=1S/C18H30N4O6/c1-17(2,3)27-15(23)11-20(12-16(24)28-18(4,5)6)8-7-9-21-10-14(19-13-21)22(25)26/h10,13H,7-9,11-12H2,1-6H3. The molecule has 1 aromatic heterocycles. The van der Waals surface area contributed by atoms with Gasteiger partial charge in [0.2, 0.25) is 6.33 Å². The molecule has 10 nitrogen and oxygen atoms in total. The van der Waals surface area contributed by atoms with Gasteiger partial charge in [0.25, 0.3) is 0 Å². The maximum atomic E-state index is 12.1. The third-order valence-corrected chi connectivity index (χ3v) is 3.24. The van der Waals surface area contributed by atoms with Gasteiger partial charge in [0.15, 0.2) is 0 Å². The molecule has 0 aromatic carbocycles. The van der Waals surface area contributed by atoms with Crippen LogP contribution in [0, 0.1) is 10.1 Å². The number of nitro groups is 1. The smallest absolute Gasteiger partial charge is 0.381 e. The molecule has 10 heteroatoms. The number of ether oxygens (including phenoxy) is 2. The molecule has 1 rings (SSSR count). The van der Waals surface area contributed by atoms with Gasteiger partial charge in [0.05, 0.1) is 13.1 Å². The summed E-state index contributed by atoms with van der Waals surface area (Å²) in [6.45, 7) is 11.4. The quantitative estimate of drug-likeness (QED) is 0.353. The van der Waals surface area contributed by atoms with Crippen LogP contribution in [0.1, 0.15) is 48.0 Å². The van der Waals surface area contributed by atoms with Crippen LogP contribution >= 0.6 is 0 Å². The van der Waals surface area contributed by atoms with Crippen molar-refractivity contribution in [2.75, 3.05) is 19.6 Å². The summed E-state index contributed by atoms with van der Waals surface area (Å²) in [6.07, 6.45) is 3.27. The molecular weight excluding hydrogens is 368 g/mol. The summed E-state index contributed by atoms with van der Waals surface area (Å²) in [5.74, 6) is -1.09. The van der Waals surface area contributed by atoms with E-state index in [1.165, 1.54) is 12.5 Å². The molecule has 0 saturated heterocycles. The van der Waals surface area contributed by atoms with Crippen LogP contribution in [0.15, 0.2) is 12.5 Å². The van der Waals surface area contributed by atoms with Gasteiger partial charge in [-0.1, -0.05) is 0 Å². The second-order valence-corrected chi connectivity index (χ2v) is 8.46. The Labute approximate surface area is 165 Å². The predicted molar refractivity (Wildman–Crippen MR) is 102 cm³/mol. The second-order valence-electron chi connectivity index (χ2n) is 8.46. The van der Waals surface area contributed by atoms with Crippen molar-refractivity contribution in [2.45, 2.75) is 65.7 Å². The molecule has 0 saturated carbocycles. The van der Waals surface area contributed by atoms with Gasteiger partial charge in [-0.25, -0.2) is 0 Å². The monoisotopic (exact) mass is 398 g/mol. The van der Waals surface area contributed by atoms with Gasteiger partial charge in [-0.15, -0.1) is 0 Å². The van der Waals surface area contributed by atoms with Crippen LogP contribution in [0.4, 0.5) is 5.82 Å². The van der Waals surface area contributed by atoms with Crippen molar-refractivity contribution in [1.29, 1.82) is 0 Å². The van der Waals surface area contributed by atoms with Crippen LogP contribution in [0.2, 0.25) is 0 Å². The molecule has 0 unspecified atom stereocenters. The van der Waals surface area contributed by atoms with E-state index in [9.17, 15) is 19.7 Å². The summed E-state index contributed by atoms with van der Waals surface area (Å²) in [5.41, 5.74) is -1.24. The minimum atomic E-state index is -0.621. The average molecular weight is 398 g/mol. The average Bonchev–Trinajstić information content (AvgIpc) is 2.91. The van der Waals surface area contributed by atoms with E-state index in [-0.39, 0.29) is 18.9 Å². The van der Waals surface area contributed by atoms with Crippen LogP contribution < -0.4 is 0 Å². The lowest BCUT2D eigenvalue weighted by Gasteiger charge is -2.26. The first-order valence-electron chi connectivity index (χ1n) is 9.07. The molecular formula is C18H30N4O6. The molecule has 0 aliphatic carbocycles. The summed E-state index contributed by atoms with van der Waals surface area (Å²) in [7, 11) is 0. The van der Waals surface area contributed by atoms with E-state index in [1.807, 2.05) is 0 Å². The lowest BCUT2D eigenvalue weighted by Crippen LogP contribution is -2.40. The lowest BCUT2D eigenvalue weighted by atomic mass is 10.2. The van der Waals surface area contributed by atoms with Crippen molar-refractivity contribution >= 4 is 17.8 Å². The van der Waals surface area contributed by atoms with Gasteiger partial charge in [-0.2, -0.15) is 0 Å². The van der Waals surface area contributed by atoms with Crippen molar-refractivity contribution < 1.29 is 24.0 Å². The van der Waals surface area contributed by atoms with Crippen LogP contribution in [0.3, 0.4) is 0 Å². The molecule has 1 aromatic rings. The van der Waals surface area contributed by atoms with Crippen molar-refractivity contribution in [3.8, 4) is 0 Å². The number of hydrogen-bond donors (Lipinski definition) is 0. The Hall–Kier alpha value is -2.49. The van der Waals surface area contributed by atoms with Gasteiger partial charge in [0.1, 0.15) is 17.4 Å². The minimum absolute atomic E-state index is 0.0550. The fourth-order valence-electron chi connectivity index (χ4n) is 2.37. The number of esters is 2. The zero-order chi connectivity index (χ0) is 21.5. The number of hydrogen-bond acceptors (Lipinski definition) is 8. The van der Waals surface area contributed by atoms with E-state index in [2.05, 4.69) is 4.98 Å². The van der Waals surface area contributed by atoms with Gasteiger partial charge in [-0.05, 0) is 57.9 Å². The number of rotatable bonds is 9. The third-order valence-electron chi connectivity index (χ3n) is 3.24. The van der Waals surface area contributed by atoms with E-state index in [0.717, 1.165) is 0 Å². The first-order valence-corrected chi connectivity index (χ1v) is 9.07.